The Morgan fingerprint density at radius 3 is 2.41 bits per heavy atom. The minimum atomic E-state index is -0.676. The van der Waals surface area contributed by atoms with Crippen LogP contribution in [0.15, 0.2) is 42.5 Å². The first-order chi connectivity index (χ1) is 18.8. The van der Waals surface area contributed by atoms with Gasteiger partial charge in [0.1, 0.15) is 28.6 Å². The van der Waals surface area contributed by atoms with Gasteiger partial charge in [-0.25, -0.2) is 9.07 Å². The zero-order chi connectivity index (χ0) is 27.7. The number of benzene rings is 2. The molecule has 0 unspecified atom stereocenters. The Morgan fingerprint density at radius 2 is 1.82 bits per heavy atom. The first-order valence-electron chi connectivity index (χ1n) is 12.9. The van der Waals surface area contributed by atoms with E-state index in [4.69, 9.17) is 21.3 Å². The highest BCUT2D eigenvalue weighted by atomic mass is 19.1. The molecule has 39 heavy (non-hydrogen) atoms. The molecule has 11 heteroatoms. The Bertz CT molecular complexity index is 1390. The predicted molar refractivity (Wildman–Crippen MR) is 143 cm³/mol. The van der Waals surface area contributed by atoms with Gasteiger partial charge in [-0.3, -0.25) is 14.4 Å². The summed E-state index contributed by atoms with van der Waals surface area (Å²) in [5, 5.41) is 4.69. The van der Waals surface area contributed by atoms with E-state index in [0.29, 0.717) is 55.0 Å². The minimum Gasteiger partial charge on any atom is -0.495 e. The number of aromatic nitrogens is 2. The molecule has 204 valence electrons. The van der Waals surface area contributed by atoms with E-state index in [1.54, 1.807) is 28.9 Å². The Kier molecular flexibility index (Phi) is 7.23. The number of anilines is 2. The van der Waals surface area contributed by atoms with Crippen LogP contribution in [0.25, 0.3) is 11.3 Å². The number of nitrogens with zero attached hydrogens (tertiary/aromatic N) is 4. The molecule has 0 spiro atoms. The molecule has 2 heterocycles. The first-order valence-corrected chi connectivity index (χ1v) is 12.9. The molecule has 5 rings (SSSR count). The number of halogens is 1. The summed E-state index contributed by atoms with van der Waals surface area (Å²) in [5.41, 5.74) is 14.3. The van der Waals surface area contributed by atoms with Crippen molar-refractivity contribution in [2.45, 2.75) is 38.3 Å². The van der Waals surface area contributed by atoms with Gasteiger partial charge in [-0.1, -0.05) is 24.3 Å². The van der Waals surface area contributed by atoms with Crippen molar-refractivity contribution >= 4 is 29.7 Å². The van der Waals surface area contributed by atoms with E-state index in [-0.39, 0.29) is 35.8 Å². The fourth-order valence-corrected chi connectivity index (χ4v) is 5.12. The van der Waals surface area contributed by atoms with E-state index in [1.165, 1.54) is 30.2 Å². The molecule has 1 aromatic heterocycles. The van der Waals surface area contributed by atoms with Crippen molar-refractivity contribution in [3.8, 4) is 17.0 Å². The number of amides is 3. The van der Waals surface area contributed by atoms with Crippen LogP contribution in [0.4, 0.5) is 15.9 Å². The molecular weight excluding hydrogens is 503 g/mol. The van der Waals surface area contributed by atoms with E-state index in [9.17, 15) is 18.8 Å². The third kappa shape index (κ3) is 5.29. The number of hydrogen-bond donors (Lipinski definition) is 2. The summed E-state index contributed by atoms with van der Waals surface area (Å²) in [6, 6.07) is 11.0. The number of methoxy groups -OCH3 is 1. The lowest BCUT2D eigenvalue weighted by molar-refractivity contribution is -0.133. The Morgan fingerprint density at radius 1 is 1.13 bits per heavy atom. The molecular formula is C28H31FN6O4. The summed E-state index contributed by atoms with van der Waals surface area (Å²) >= 11 is 0. The molecule has 3 amide bonds. The number of piperidine rings is 1. The SMILES string of the molecule is COc1ccc(F)cc1N(C=O)Cc1ccc(-c2nn(C3CCN(C(=O)C4CC4)CC3)c(N)c2C(N)=O)cc1. The van der Waals surface area contributed by atoms with Crippen molar-refractivity contribution in [3.05, 3.63) is 59.4 Å². The molecule has 10 nitrogen and oxygen atoms in total. The molecule has 0 atom stereocenters. The molecule has 3 aromatic rings. The summed E-state index contributed by atoms with van der Waals surface area (Å²) in [5.74, 6) is -0.176. The van der Waals surface area contributed by atoms with Crippen molar-refractivity contribution in [2.24, 2.45) is 11.7 Å². The Labute approximate surface area is 225 Å². The van der Waals surface area contributed by atoms with Gasteiger partial charge in [-0.15, -0.1) is 0 Å². The number of likely N-dealkylation sites (tertiary alicyclic amines) is 1. The van der Waals surface area contributed by atoms with Crippen molar-refractivity contribution in [1.29, 1.82) is 0 Å². The summed E-state index contributed by atoms with van der Waals surface area (Å²) < 4.78 is 20.8. The molecule has 0 bridgehead atoms. The van der Waals surface area contributed by atoms with E-state index >= 15 is 0 Å². The predicted octanol–water partition coefficient (Wildman–Crippen LogP) is 3.12. The third-order valence-corrected chi connectivity index (χ3v) is 7.40. The average Bonchev–Trinajstić information content (AvgIpc) is 3.74. The normalized spacial score (nSPS) is 15.7. The second kappa shape index (κ2) is 10.8. The summed E-state index contributed by atoms with van der Waals surface area (Å²) in [6.07, 6.45) is 3.93. The number of hydrogen-bond acceptors (Lipinski definition) is 6. The van der Waals surface area contributed by atoms with Crippen LogP contribution >= 0.6 is 0 Å². The van der Waals surface area contributed by atoms with Crippen LogP contribution in [-0.2, 0) is 16.1 Å². The smallest absolute Gasteiger partial charge is 0.254 e. The summed E-state index contributed by atoms with van der Waals surface area (Å²) in [7, 11) is 1.45. The molecule has 2 fully saturated rings. The summed E-state index contributed by atoms with van der Waals surface area (Å²) in [4.78, 5) is 39.9. The number of carbonyl (C=O) groups is 3. The van der Waals surface area contributed by atoms with Crippen molar-refractivity contribution in [1.82, 2.24) is 14.7 Å². The third-order valence-electron chi connectivity index (χ3n) is 7.40. The van der Waals surface area contributed by atoms with Crippen LogP contribution in [0.1, 0.15) is 47.6 Å². The molecule has 0 radical (unpaired) electrons. The van der Waals surface area contributed by atoms with E-state index < -0.39 is 11.7 Å². The van der Waals surface area contributed by atoms with Gasteiger partial charge in [0.15, 0.2) is 0 Å². The zero-order valence-electron chi connectivity index (χ0n) is 21.7. The van der Waals surface area contributed by atoms with Gasteiger partial charge in [-0.05, 0) is 43.4 Å². The molecule has 1 aliphatic heterocycles. The second-order valence-corrected chi connectivity index (χ2v) is 9.99. The molecule has 2 aliphatic rings. The van der Waals surface area contributed by atoms with Crippen molar-refractivity contribution in [3.63, 3.8) is 0 Å². The maximum absolute atomic E-state index is 13.8. The maximum atomic E-state index is 13.8. The number of primary amides is 1. The number of rotatable bonds is 9. The van der Waals surface area contributed by atoms with E-state index in [0.717, 1.165) is 18.4 Å². The lowest BCUT2D eigenvalue weighted by atomic mass is 10.0. The van der Waals surface area contributed by atoms with Gasteiger partial charge in [0, 0.05) is 30.6 Å². The fraction of sp³-hybridized carbons (Fsp3) is 0.357. The lowest BCUT2D eigenvalue weighted by Crippen LogP contribution is -2.40. The Hall–Kier alpha value is -4.41. The van der Waals surface area contributed by atoms with Gasteiger partial charge in [0.25, 0.3) is 5.91 Å². The van der Waals surface area contributed by atoms with Crippen LogP contribution < -0.4 is 21.1 Å². The van der Waals surface area contributed by atoms with Gasteiger partial charge < -0.3 is 26.0 Å². The second-order valence-electron chi connectivity index (χ2n) is 9.99. The molecule has 1 saturated heterocycles. The standard InChI is InChI=1S/C28H31FN6O4/c1-39-23-9-8-20(29)14-22(23)34(16-36)15-17-2-4-18(5-3-17)25-24(27(31)37)26(30)35(32-25)21-10-12-33(13-11-21)28(38)19-6-7-19/h2-5,8-9,14,16,19,21H,6-7,10-13,15,30H2,1H3,(H2,31,37). The maximum Gasteiger partial charge on any atom is 0.254 e. The lowest BCUT2D eigenvalue weighted by Gasteiger charge is -2.32. The highest BCUT2D eigenvalue weighted by Gasteiger charge is 2.36. The highest BCUT2D eigenvalue weighted by Crippen LogP contribution is 2.36. The van der Waals surface area contributed by atoms with E-state index in [2.05, 4.69) is 0 Å². The average molecular weight is 535 g/mol. The summed E-state index contributed by atoms with van der Waals surface area (Å²) in [6.45, 7) is 1.41. The van der Waals surface area contributed by atoms with Gasteiger partial charge >= 0.3 is 0 Å². The van der Waals surface area contributed by atoms with Crippen LogP contribution in [0.5, 0.6) is 5.75 Å². The van der Waals surface area contributed by atoms with Gasteiger partial charge in [0.2, 0.25) is 12.3 Å². The number of nitrogens with two attached hydrogens (primary N) is 2. The number of ether oxygens (including phenoxy) is 1. The van der Waals surface area contributed by atoms with Crippen LogP contribution in [0, 0.1) is 11.7 Å². The van der Waals surface area contributed by atoms with Gasteiger partial charge in [0.05, 0.1) is 25.4 Å². The molecule has 2 aromatic carbocycles. The molecule has 4 N–H and O–H groups in total. The highest BCUT2D eigenvalue weighted by molar-refractivity contribution is 6.03. The molecule has 1 aliphatic carbocycles. The fourth-order valence-electron chi connectivity index (χ4n) is 5.12. The van der Waals surface area contributed by atoms with E-state index in [1.807, 2.05) is 4.90 Å². The van der Waals surface area contributed by atoms with Crippen LogP contribution in [0.3, 0.4) is 0 Å². The quantitative estimate of drug-likeness (QED) is 0.405. The minimum absolute atomic E-state index is 0.0539. The molecule has 1 saturated carbocycles. The van der Waals surface area contributed by atoms with Crippen LogP contribution in [0.2, 0.25) is 0 Å². The number of nitrogen functional groups attached to an aromatic ring is 1. The number of carbonyl (C=O) groups excluding carboxylic acids is 3. The van der Waals surface area contributed by atoms with Crippen LogP contribution in [-0.4, -0.2) is 53.1 Å². The van der Waals surface area contributed by atoms with Crippen molar-refractivity contribution < 1.29 is 23.5 Å². The first kappa shape index (κ1) is 26.2. The Balaban J connectivity index is 1.36. The van der Waals surface area contributed by atoms with Gasteiger partial charge in [-0.2, -0.15) is 5.10 Å². The monoisotopic (exact) mass is 534 g/mol. The van der Waals surface area contributed by atoms with Crippen molar-refractivity contribution in [2.75, 3.05) is 30.8 Å². The largest absolute Gasteiger partial charge is 0.495 e. The topological polar surface area (TPSA) is 137 Å². The zero-order valence-corrected chi connectivity index (χ0v) is 21.7.